The monoisotopic (exact) mass is 434 g/mol. The highest BCUT2D eigenvalue weighted by atomic mass is 16.5. The Bertz CT molecular complexity index is 1150. The van der Waals surface area contributed by atoms with Gasteiger partial charge in [0, 0.05) is 61.0 Å². The maximum absolute atomic E-state index is 12.2. The lowest BCUT2D eigenvalue weighted by Gasteiger charge is -2.36. The van der Waals surface area contributed by atoms with Gasteiger partial charge in [0.1, 0.15) is 11.3 Å². The molecular formula is C26H30N2O4. The first-order valence-corrected chi connectivity index (χ1v) is 11.6. The molecule has 0 bridgehead atoms. The van der Waals surface area contributed by atoms with Crippen LogP contribution < -0.4 is 15.3 Å². The van der Waals surface area contributed by atoms with E-state index >= 15 is 0 Å². The third kappa shape index (κ3) is 4.25. The van der Waals surface area contributed by atoms with E-state index in [1.54, 1.807) is 0 Å². The molecule has 3 aromatic rings. The molecule has 0 atom stereocenters. The fourth-order valence-corrected chi connectivity index (χ4v) is 5.00. The summed E-state index contributed by atoms with van der Waals surface area (Å²) in [5.74, 6) is 0.754. The van der Waals surface area contributed by atoms with Crippen LogP contribution in [0.3, 0.4) is 0 Å². The quantitative estimate of drug-likeness (QED) is 0.454. The number of nitrogens with zero attached hydrogens (tertiary/aromatic N) is 2. The Balaban J connectivity index is 1.11. The summed E-state index contributed by atoms with van der Waals surface area (Å²) in [6.07, 6.45) is 3.75. The molecular weight excluding hydrogens is 404 g/mol. The number of hydrogen-bond donors (Lipinski definition) is 1. The zero-order valence-corrected chi connectivity index (χ0v) is 18.4. The van der Waals surface area contributed by atoms with Gasteiger partial charge >= 0.3 is 5.63 Å². The van der Waals surface area contributed by atoms with Gasteiger partial charge in [0.05, 0.1) is 13.2 Å². The van der Waals surface area contributed by atoms with Crippen LogP contribution in [0, 0.1) is 0 Å². The molecule has 5 rings (SSSR count). The van der Waals surface area contributed by atoms with E-state index in [4.69, 9.17) is 9.15 Å². The van der Waals surface area contributed by atoms with Gasteiger partial charge in [-0.25, -0.2) is 4.79 Å². The van der Waals surface area contributed by atoms with E-state index in [1.807, 2.05) is 36.4 Å². The van der Waals surface area contributed by atoms with Crippen molar-refractivity contribution in [2.75, 3.05) is 44.2 Å². The van der Waals surface area contributed by atoms with Gasteiger partial charge in [-0.05, 0) is 49.4 Å². The van der Waals surface area contributed by atoms with Gasteiger partial charge in [-0.2, -0.15) is 0 Å². The van der Waals surface area contributed by atoms with E-state index in [2.05, 4.69) is 15.9 Å². The molecule has 6 heteroatoms. The van der Waals surface area contributed by atoms with Crippen molar-refractivity contribution in [1.29, 1.82) is 0 Å². The molecule has 0 saturated carbocycles. The molecule has 1 fully saturated rings. The standard InChI is InChI=1S/C26H30N2O4/c29-18-19-5-1-2-8-24(19)28-14-12-27(13-15-28)11-4-16-31-20-9-10-22-21-6-3-7-23(21)26(30)32-25(22)17-20/h1-2,5,8-10,17,29H,3-4,6-7,11-16,18H2. The van der Waals surface area contributed by atoms with Gasteiger partial charge in [0.2, 0.25) is 0 Å². The maximum Gasteiger partial charge on any atom is 0.339 e. The lowest BCUT2D eigenvalue weighted by molar-refractivity contribution is 0.224. The summed E-state index contributed by atoms with van der Waals surface area (Å²) in [7, 11) is 0. The average molecular weight is 435 g/mol. The summed E-state index contributed by atoms with van der Waals surface area (Å²) in [4.78, 5) is 17.0. The average Bonchev–Trinajstić information content (AvgIpc) is 3.33. The van der Waals surface area contributed by atoms with Crippen molar-refractivity contribution in [2.45, 2.75) is 32.3 Å². The molecule has 32 heavy (non-hydrogen) atoms. The number of anilines is 1. The molecule has 0 unspecified atom stereocenters. The van der Waals surface area contributed by atoms with Crippen LogP contribution in [-0.2, 0) is 19.4 Å². The third-order valence-corrected chi connectivity index (χ3v) is 6.71. The molecule has 1 aromatic heterocycles. The number of aliphatic hydroxyl groups is 1. The predicted molar refractivity (Wildman–Crippen MR) is 126 cm³/mol. The Kier molecular flexibility index (Phi) is 6.14. The summed E-state index contributed by atoms with van der Waals surface area (Å²) in [6.45, 7) is 5.64. The molecule has 0 spiro atoms. The number of rotatable bonds is 7. The molecule has 0 radical (unpaired) electrons. The molecule has 6 nitrogen and oxygen atoms in total. The molecule has 2 heterocycles. The molecule has 1 aliphatic heterocycles. The minimum Gasteiger partial charge on any atom is -0.493 e. The largest absolute Gasteiger partial charge is 0.493 e. The first kappa shape index (κ1) is 21.0. The maximum atomic E-state index is 12.2. The first-order valence-electron chi connectivity index (χ1n) is 11.6. The van der Waals surface area contributed by atoms with Crippen molar-refractivity contribution in [3.05, 3.63) is 69.6 Å². The van der Waals surface area contributed by atoms with Gasteiger partial charge in [-0.1, -0.05) is 18.2 Å². The highest BCUT2D eigenvalue weighted by Gasteiger charge is 2.20. The number of ether oxygens (including phenoxy) is 1. The Morgan fingerprint density at radius 2 is 1.81 bits per heavy atom. The van der Waals surface area contributed by atoms with Crippen LogP contribution in [0.25, 0.3) is 11.0 Å². The SMILES string of the molecule is O=c1oc2cc(OCCCN3CCN(c4ccccc4CO)CC3)ccc2c2c1CCC2. The highest BCUT2D eigenvalue weighted by molar-refractivity contribution is 5.83. The zero-order chi connectivity index (χ0) is 21.9. The number of benzene rings is 2. The fraction of sp³-hybridized carbons (Fsp3) is 0.423. The lowest BCUT2D eigenvalue weighted by atomic mass is 10.1. The highest BCUT2D eigenvalue weighted by Crippen LogP contribution is 2.29. The normalized spacial score (nSPS) is 16.5. The van der Waals surface area contributed by atoms with Crippen LogP contribution in [0.5, 0.6) is 5.75 Å². The Hall–Kier alpha value is -2.83. The van der Waals surface area contributed by atoms with Gasteiger partial charge in [0.15, 0.2) is 0 Å². The first-order chi connectivity index (χ1) is 15.7. The predicted octanol–water partition coefficient (Wildman–Crippen LogP) is 3.37. The molecule has 2 aromatic carbocycles. The second-order valence-electron chi connectivity index (χ2n) is 8.68. The Morgan fingerprint density at radius 3 is 2.66 bits per heavy atom. The van der Waals surface area contributed by atoms with Crippen LogP contribution in [0.15, 0.2) is 51.7 Å². The number of aliphatic hydroxyl groups excluding tert-OH is 1. The molecule has 1 aliphatic carbocycles. The number of hydrogen-bond acceptors (Lipinski definition) is 6. The van der Waals surface area contributed by atoms with E-state index in [1.165, 1.54) is 0 Å². The summed E-state index contributed by atoms with van der Waals surface area (Å²) < 4.78 is 11.5. The smallest absolute Gasteiger partial charge is 0.339 e. The van der Waals surface area contributed by atoms with E-state index in [-0.39, 0.29) is 12.2 Å². The van der Waals surface area contributed by atoms with Crippen molar-refractivity contribution < 1.29 is 14.3 Å². The van der Waals surface area contributed by atoms with Crippen molar-refractivity contribution >= 4 is 16.7 Å². The topological polar surface area (TPSA) is 66.2 Å². The van der Waals surface area contributed by atoms with Crippen LogP contribution in [-0.4, -0.2) is 49.3 Å². The third-order valence-electron chi connectivity index (χ3n) is 6.71. The summed E-state index contributed by atoms with van der Waals surface area (Å²) in [6, 6.07) is 14.0. The number of aryl methyl sites for hydroxylation is 1. The van der Waals surface area contributed by atoms with Crippen LogP contribution in [0.4, 0.5) is 5.69 Å². The van der Waals surface area contributed by atoms with E-state index in [0.717, 1.165) is 91.9 Å². The summed E-state index contributed by atoms with van der Waals surface area (Å²) in [5.41, 5.74) is 4.59. The molecule has 0 amide bonds. The van der Waals surface area contributed by atoms with Gasteiger partial charge in [-0.15, -0.1) is 0 Å². The van der Waals surface area contributed by atoms with Crippen molar-refractivity contribution in [2.24, 2.45) is 0 Å². The molecule has 168 valence electrons. The van der Waals surface area contributed by atoms with E-state index < -0.39 is 0 Å². The zero-order valence-electron chi connectivity index (χ0n) is 18.4. The summed E-state index contributed by atoms with van der Waals surface area (Å²) >= 11 is 0. The Morgan fingerprint density at radius 1 is 1.00 bits per heavy atom. The van der Waals surface area contributed by atoms with Gasteiger partial charge < -0.3 is 19.2 Å². The minimum atomic E-state index is -0.192. The number of para-hydroxylation sites is 1. The van der Waals surface area contributed by atoms with E-state index in [0.29, 0.717) is 12.2 Å². The Labute approximate surface area is 188 Å². The van der Waals surface area contributed by atoms with Crippen LogP contribution in [0.2, 0.25) is 0 Å². The van der Waals surface area contributed by atoms with Crippen LogP contribution in [0.1, 0.15) is 29.5 Å². The molecule has 1 saturated heterocycles. The number of piperazine rings is 1. The van der Waals surface area contributed by atoms with Gasteiger partial charge in [0.25, 0.3) is 0 Å². The van der Waals surface area contributed by atoms with Crippen molar-refractivity contribution in [3.63, 3.8) is 0 Å². The van der Waals surface area contributed by atoms with Gasteiger partial charge in [-0.3, -0.25) is 4.90 Å². The van der Waals surface area contributed by atoms with Crippen molar-refractivity contribution in [3.8, 4) is 5.75 Å². The molecule has 1 N–H and O–H groups in total. The second-order valence-corrected chi connectivity index (χ2v) is 8.68. The number of fused-ring (bicyclic) bond motifs is 3. The summed E-state index contributed by atoms with van der Waals surface area (Å²) in [5, 5.41) is 10.6. The van der Waals surface area contributed by atoms with Crippen LogP contribution >= 0.6 is 0 Å². The second kappa shape index (κ2) is 9.35. The minimum absolute atomic E-state index is 0.0778. The fourth-order valence-electron chi connectivity index (χ4n) is 5.00. The van der Waals surface area contributed by atoms with E-state index in [9.17, 15) is 9.90 Å². The molecule has 2 aliphatic rings. The van der Waals surface area contributed by atoms with Crippen molar-refractivity contribution in [1.82, 2.24) is 4.90 Å². The lowest BCUT2D eigenvalue weighted by Crippen LogP contribution is -2.47.